The van der Waals surface area contributed by atoms with Gasteiger partial charge in [-0.25, -0.2) is 0 Å². The van der Waals surface area contributed by atoms with Crippen molar-refractivity contribution in [3.63, 3.8) is 0 Å². The maximum absolute atomic E-state index is 9.06. The Morgan fingerprint density at radius 2 is 2.42 bits per heavy atom. The Balaban J connectivity index is 1.64. The van der Waals surface area contributed by atoms with Gasteiger partial charge in [0.05, 0.1) is 26.0 Å². The fourth-order valence-electron chi connectivity index (χ4n) is 3.17. The van der Waals surface area contributed by atoms with Gasteiger partial charge in [-0.3, -0.25) is 4.68 Å². The van der Waals surface area contributed by atoms with Gasteiger partial charge in [0.1, 0.15) is 0 Å². The zero-order valence-corrected chi connectivity index (χ0v) is 11.3. The van der Waals surface area contributed by atoms with Gasteiger partial charge in [0, 0.05) is 30.5 Å². The summed E-state index contributed by atoms with van der Waals surface area (Å²) in [6, 6.07) is 0.428. The molecule has 0 aromatic carbocycles. The number of ether oxygens (including phenoxy) is 1. The minimum Gasteiger partial charge on any atom is -0.394 e. The fraction of sp³-hybridized carbons (Fsp3) is 0.786. The molecule has 5 nitrogen and oxygen atoms in total. The molecule has 2 aliphatic rings. The first-order chi connectivity index (χ1) is 9.38. The zero-order valence-electron chi connectivity index (χ0n) is 11.3. The molecule has 2 atom stereocenters. The quantitative estimate of drug-likeness (QED) is 0.830. The van der Waals surface area contributed by atoms with Crippen molar-refractivity contribution in [1.82, 2.24) is 15.1 Å². The average molecular weight is 265 g/mol. The predicted molar refractivity (Wildman–Crippen MR) is 71.9 cm³/mol. The third-order valence-corrected chi connectivity index (χ3v) is 4.25. The number of rotatable bonds is 5. The van der Waals surface area contributed by atoms with E-state index in [0.717, 1.165) is 26.2 Å². The highest BCUT2D eigenvalue weighted by Gasteiger charge is 2.25. The van der Waals surface area contributed by atoms with Gasteiger partial charge < -0.3 is 15.2 Å². The summed E-state index contributed by atoms with van der Waals surface area (Å²) >= 11 is 0. The maximum atomic E-state index is 9.06. The minimum atomic E-state index is 0.158. The van der Waals surface area contributed by atoms with Crippen LogP contribution in [0.3, 0.4) is 0 Å². The van der Waals surface area contributed by atoms with Gasteiger partial charge in [0.15, 0.2) is 0 Å². The van der Waals surface area contributed by atoms with E-state index in [1.807, 2.05) is 10.9 Å². The number of aliphatic hydroxyl groups excluding tert-OH is 1. The highest BCUT2D eigenvalue weighted by Crippen LogP contribution is 2.29. The van der Waals surface area contributed by atoms with Crippen molar-refractivity contribution in [2.24, 2.45) is 5.92 Å². The number of hydrogen-bond donors (Lipinski definition) is 2. The van der Waals surface area contributed by atoms with Crippen molar-refractivity contribution < 1.29 is 9.84 Å². The Hall–Kier alpha value is -0.910. The van der Waals surface area contributed by atoms with Crippen LogP contribution in [0.25, 0.3) is 0 Å². The number of nitrogens with one attached hydrogen (secondary N) is 1. The van der Waals surface area contributed by atoms with Gasteiger partial charge in [0.2, 0.25) is 0 Å². The molecule has 0 spiro atoms. The molecular weight excluding hydrogens is 242 g/mol. The lowest BCUT2D eigenvalue weighted by atomic mass is 9.92. The van der Waals surface area contributed by atoms with Crippen LogP contribution in [0.1, 0.15) is 36.6 Å². The summed E-state index contributed by atoms with van der Waals surface area (Å²) < 4.78 is 7.38. The van der Waals surface area contributed by atoms with Crippen LogP contribution in [-0.4, -0.2) is 41.3 Å². The highest BCUT2D eigenvalue weighted by molar-refractivity contribution is 5.24. The molecule has 0 bridgehead atoms. The van der Waals surface area contributed by atoms with E-state index in [0.29, 0.717) is 18.5 Å². The van der Waals surface area contributed by atoms with E-state index in [1.54, 1.807) is 0 Å². The lowest BCUT2D eigenvalue weighted by Crippen LogP contribution is -2.30. The lowest BCUT2D eigenvalue weighted by molar-refractivity contribution is 0.184. The Morgan fingerprint density at radius 1 is 1.47 bits per heavy atom. The van der Waals surface area contributed by atoms with Crippen LogP contribution in [0.4, 0.5) is 0 Å². The summed E-state index contributed by atoms with van der Waals surface area (Å²) in [5.74, 6) is 0.665. The molecule has 19 heavy (non-hydrogen) atoms. The monoisotopic (exact) mass is 265 g/mol. The molecule has 1 aliphatic carbocycles. The number of hydrogen-bond acceptors (Lipinski definition) is 4. The molecule has 0 radical (unpaired) electrons. The largest absolute Gasteiger partial charge is 0.394 e. The van der Waals surface area contributed by atoms with Crippen LogP contribution < -0.4 is 5.32 Å². The molecule has 0 saturated carbocycles. The second-order valence-corrected chi connectivity index (χ2v) is 5.58. The van der Waals surface area contributed by atoms with Crippen molar-refractivity contribution in [3.05, 3.63) is 17.5 Å². The Labute approximate surface area is 113 Å². The van der Waals surface area contributed by atoms with Crippen LogP contribution in [-0.2, 0) is 17.7 Å². The summed E-state index contributed by atoms with van der Waals surface area (Å²) in [6.45, 7) is 3.62. The third-order valence-electron chi connectivity index (χ3n) is 4.25. The van der Waals surface area contributed by atoms with E-state index in [2.05, 4.69) is 10.4 Å². The van der Waals surface area contributed by atoms with Crippen molar-refractivity contribution in [3.8, 4) is 0 Å². The van der Waals surface area contributed by atoms with E-state index >= 15 is 0 Å². The smallest absolute Gasteiger partial charge is 0.0644 e. The Kier molecular flexibility index (Phi) is 4.15. The van der Waals surface area contributed by atoms with Crippen molar-refractivity contribution in [1.29, 1.82) is 0 Å². The lowest BCUT2D eigenvalue weighted by Gasteiger charge is -2.25. The first kappa shape index (κ1) is 13.1. The first-order valence-electron chi connectivity index (χ1n) is 7.35. The molecule has 2 unspecified atom stereocenters. The molecule has 1 aromatic heterocycles. The zero-order chi connectivity index (χ0) is 13.1. The normalized spacial score (nSPS) is 26.6. The molecule has 3 rings (SSSR count). The number of fused-ring (bicyclic) bond motifs is 1. The minimum absolute atomic E-state index is 0.158. The highest BCUT2D eigenvalue weighted by atomic mass is 16.5. The van der Waals surface area contributed by atoms with E-state index < -0.39 is 0 Å². The van der Waals surface area contributed by atoms with Gasteiger partial charge in [0.25, 0.3) is 0 Å². The molecule has 0 amide bonds. The van der Waals surface area contributed by atoms with E-state index in [4.69, 9.17) is 9.84 Å². The van der Waals surface area contributed by atoms with Gasteiger partial charge in [-0.1, -0.05) is 0 Å². The van der Waals surface area contributed by atoms with E-state index in [1.165, 1.54) is 30.5 Å². The molecule has 5 heteroatoms. The van der Waals surface area contributed by atoms with Crippen LogP contribution in [0.2, 0.25) is 0 Å². The van der Waals surface area contributed by atoms with Gasteiger partial charge in [-0.15, -0.1) is 0 Å². The summed E-state index contributed by atoms with van der Waals surface area (Å²) in [6.07, 6.45) is 6.62. The summed E-state index contributed by atoms with van der Waals surface area (Å²) in [5, 5.41) is 17.2. The SMILES string of the molecule is OCCn1ncc2c1CCCC2NCC1CCOC1. The van der Waals surface area contributed by atoms with Crippen molar-refractivity contribution in [2.45, 2.75) is 38.3 Å². The van der Waals surface area contributed by atoms with Crippen LogP contribution in [0.5, 0.6) is 0 Å². The van der Waals surface area contributed by atoms with Gasteiger partial charge in [-0.05, 0) is 31.6 Å². The molecule has 106 valence electrons. The fourth-order valence-corrected chi connectivity index (χ4v) is 3.17. The molecular formula is C14H23N3O2. The van der Waals surface area contributed by atoms with Crippen LogP contribution in [0, 0.1) is 5.92 Å². The summed E-state index contributed by atoms with van der Waals surface area (Å²) in [7, 11) is 0. The standard InChI is InChI=1S/C14H23N3O2/c18-6-5-17-14-3-1-2-13(12(14)9-16-17)15-8-11-4-7-19-10-11/h9,11,13,15,18H,1-8,10H2. The molecule has 2 heterocycles. The second kappa shape index (κ2) is 6.03. The van der Waals surface area contributed by atoms with Gasteiger partial charge in [-0.2, -0.15) is 5.10 Å². The topological polar surface area (TPSA) is 59.3 Å². The van der Waals surface area contributed by atoms with Crippen LogP contribution >= 0.6 is 0 Å². The molecule has 1 aliphatic heterocycles. The van der Waals surface area contributed by atoms with Crippen molar-refractivity contribution >= 4 is 0 Å². The second-order valence-electron chi connectivity index (χ2n) is 5.58. The van der Waals surface area contributed by atoms with Gasteiger partial charge >= 0.3 is 0 Å². The Bertz CT molecular complexity index is 413. The van der Waals surface area contributed by atoms with Crippen molar-refractivity contribution in [2.75, 3.05) is 26.4 Å². The predicted octanol–water partition coefficient (Wildman–Crippen LogP) is 0.879. The molecule has 1 aromatic rings. The third kappa shape index (κ3) is 2.83. The van der Waals surface area contributed by atoms with E-state index in [9.17, 15) is 0 Å². The molecule has 2 N–H and O–H groups in total. The van der Waals surface area contributed by atoms with E-state index in [-0.39, 0.29) is 6.61 Å². The summed E-state index contributed by atoms with van der Waals surface area (Å²) in [4.78, 5) is 0. The number of nitrogens with zero attached hydrogens (tertiary/aromatic N) is 2. The summed E-state index contributed by atoms with van der Waals surface area (Å²) in [5.41, 5.74) is 2.64. The Morgan fingerprint density at radius 3 is 3.21 bits per heavy atom. The maximum Gasteiger partial charge on any atom is 0.0644 e. The molecule has 1 fully saturated rings. The first-order valence-corrected chi connectivity index (χ1v) is 7.35. The number of aromatic nitrogens is 2. The average Bonchev–Trinajstić information content (AvgIpc) is 3.07. The molecule has 1 saturated heterocycles. The number of aliphatic hydroxyl groups is 1. The van der Waals surface area contributed by atoms with Crippen LogP contribution in [0.15, 0.2) is 6.20 Å².